The number of hydrogen-bond acceptors (Lipinski definition) is 3. The molecule has 3 rings (SSSR count). The third-order valence-electron chi connectivity index (χ3n) is 5.21. The Kier molecular flexibility index (Phi) is 4.94. The zero-order valence-corrected chi connectivity index (χ0v) is 13.3. The molecule has 1 aliphatic carbocycles. The first kappa shape index (κ1) is 15.0. The maximum atomic E-state index is 5.46. The zero-order chi connectivity index (χ0) is 14.7. The Hall–Kier alpha value is -0.900. The average Bonchev–Trinajstić information content (AvgIpc) is 2.48. The van der Waals surface area contributed by atoms with E-state index in [1.807, 2.05) is 7.11 Å². The molecule has 1 aromatic rings. The molecule has 21 heavy (non-hydrogen) atoms. The summed E-state index contributed by atoms with van der Waals surface area (Å²) < 4.78 is 5.46. The van der Waals surface area contributed by atoms with Crippen LogP contribution in [0.25, 0.3) is 0 Å². The van der Waals surface area contributed by atoms with E-state index in [1.54, 1.807) is 0 Å². The highest BCUT2D eigenvalue weighted by molar-refractivity contribution is 5.16. The van der Waals surface area contributed by atoms with Gasteiger partial charge in [-0.05, 0) is 31.2 Å². The minimum atomic E-state index is 0.495. The van der Waals surface area contributed by atoms with Gasteiger partial charge in [0.1, 0.15) is 0 Å². The van der Waals surface area contributed by atoms with Crippen LogP contribution in [0.1, 0.15) is 31.7 Å². The van der Waals surface area contributed by atoms with Gasteiger partial charge in [0.15, 0.2) is 0 Å². The number of nitrogens with zero attached hydrogens (tertiary/aromatic N) is 1. The topological polar surface area (TPSA) is 24.5 Å². The summed E-state index contributed by atoms with van der Waals surface area (Å²) in [5.74, 6) is 0. The number of piperazine rings is 1. The van der Waals surface area contributed by atoms with Gasteiger partial charge in [-0.2, -0.15) is 0 Å². The Labute approximate surface area is 128 Å². The molecule has 1 aliphatic heterocycles. The van der Waals surface area contributed by atoms with Crippen LogP contribution in [-0.2, 0) is 11.2 Å². The van der Waals surface area contributed by atoms with E-state index in [9.17, 15) is 0 Å². The molecular formula is C18H28N2O. The molecule has 0 radical (unpaired) electrons. The Morgan fingerprint density at radius 2 is 2.00 bits per heavy atom. The normalized spacial score (nSPS) is 33.6. The van der Waals surface area contributed by atoms with E-state index in [4.69, 9.17) is 4.74 Å². The van der Waals surface area contributed by atoms with Crippen molar-refractivity contribution < 1.29 is 4.74 Å². The maximum Gasteiger partial charge on any atom is 0.0601 e. The largest absolute Gasteiger partial charge is 0.381 e. The summed E-state index contributed by atoms with van der Waals surface area (Å²) in [5.41, 5.74) is 1.44. The summed E-state index contributed by atoms with van der Waals surface area (Å²) >= 11 is 0. The van der Waals surface area contributed by atoms with E-state index < -0.39 is 0 Å². The average molecular weight is 288 g/mol. The van der Waals surface area contributed by atoms with Gasteiger partial charge in [-0.1, -0.05) is 37.3 Å². The van der Waals surface area contributed by atoms with Crippen LogP contribution < -0.4 is 5.32 Å². The molecule has 0 spiro atoms. The van der Waals surface area contributed by atoms with Crippen LogP contribution in [-0.4, -0.2) is 49.3 Å². The minimum absolute atomic E-state index is 0.495. The van der Waals surface area contributed by atoms with E-state index >= 15 is 0 Å². The monoisotopic (exact) mass is 288 g/mol. The molecule has 2 unspecified atom stereocenters. The standard InChI is InChI=1S/C18H28N2O/c1-3-16-12-19-15(9-14-7-5-4-6-8-14)13-20(16)17-10-18(11-17)21-2/h4-8,15-19H,3,9-13H2,1-2H3. The lowest BCUT2D eigenvalue weighted by atomic mass is 9.85. The smallest absolute Gasteiger partial charge is 0.0601 e. The van der Waals surface area contributed by atoms with Crippen molar-refractivity contribution in [3.05, 3.63) is 35.9 Å². The van der Waals surface area contributed by atoms with Crippen LogP contribution >= 0.6 is 0 Å². The lowest BCUT2D eigenvalue weighted by Gasteiger charge is -2.50. The highest BCUT2D eigenvalue weighted by Crippen LogP contribution is 2.31. The van der Waals surface area contributed by atoms with Crippen molar-refractivity contribution in [3.63, 3.8) is 0 Å². The van der Waals surface area contributed by atoms with Gasteiger partial charge < -0.3 is 10.1 Å². The first-order valence-corrected chi connectivity index (χ1v) is 8.36. The van der Waals surface area contributed by atoms with E-state index in [-0.39, 0.29) is 0 Å². The summed E-state index contributed by atoms with van der Waals surface area (Å²) in [6, 6.07) is 12.9. The first-order valence-electron chi connectivity index (χ1n) is 8.36. The van der Waals surface area contributed by atoms with Gasteiger partial charge in [0.2, 0.25) is 0 Å². The van der Waals surface area contributed by atoms with Gasteiger partial charge in [0, 0.05) is 38.3 Å². The van der Waals surface area contributed by atoms with Crippen LogP contribution in [0.3, 0.4) is 0 Å². The summed E-state index contributed by atoms with van der Waals surface area (Å²) in [7, 11) is 1.84. The second kappa shape index (κ2) is 6.91. The fourth-order valence-corrected chi connectivity index (χ4v) is 3.75. The van der Waals surface area contributed by atoms with Gasteiger partial charge in [-0.15, -0.1) is 0 Å². The Balaban J connectivity index is 1.59. The number of ether oxygens (including phenoxy) is 1. The van der Waals surface area contributed by atoms with E-state index in [0.717, 1.165) is 19.0 Å². The number of hydrogen-bond donors (Lipinski definition) is 1. The fraction of sp³-hybridized carbons (Fsp3) is 0.667. The van der Waals surface area contributed by atoms with E-state index in [1.165, 1.54) is 31.4 Å². The first-order chi connectivity index (χ1) is 10.3. The van der Waals surface area contributed by atoms with Crippen molar-refractivity contribution in [3.8, 4) is 0 Å². The molecular weight excluding hydrogens is 260 g/mol. The SMILES string of the molecule is CCC1CNC(Cc2ccccc2)CN1C1CC(OC)C1. The Morgan fingerprint density at radius 1 is 1.24 bits per heavy atom. The molecule has 2 atom stereocenters. The molecule has 0 bridgehead atoms. The van der Waals surface area contributed by atoms with Gasteiger partial charge in [0.05, 0.1) is 6.10 Å². The lowest BCUT2D eigenvalue weighted by Crippen LogP contribution is -2.62. The number of rotatable bonds is 5. The van der Waals surface area contributed by atoms with Crippen LogP contribution in [0.4, 0.5) is 0 Å². The lowest BCUT2D eigenvalue weighted by molar-refractivity contribution is -0.0525. The second-order valence-electron chi connectivity index (χ2n) is 6.54. The molecule has 0 aromatic heterocycles. The van der Waals surface area contributed by atoms with Gasteiger partial charge >= 0.3 is 0 Å². The highest BCUT2D eigenvalue weighted by Gasteiger charge is 2.39. The highest BCUT2D eigenvalue weighted by atomic mass is 16.5. The van der Waals surface area contributed by atoms with Crippen molar-refractivity contribution >= 4 is 0 Å². The van der Waals surface area contributed by atoms with Crippen molar-refractivity contribution in [2.45, 2.75) is 56.8 Å². The number of nitrogens with one attached hydrogen (secondary N) is 1. The summed E-state index contributed by atoms with van der Waals surface area (Å²) in [6.07, 6.45) is 5.29. The predicted octanol–water partition coefficient (Wildman–Crippen LogP) is 2.46. The van der Waals surface area contributed by atoms with Crippen LogP contribution in [0.15, 0.2) is 30.3 Å². The zero-order valence-electron chi connectivity index (χ0n) is 13.3. The molecule has 1 aromatic carbocycles. The van der Waals surface area contributed by atoms with Crippen molar-refractivity contribution in [2.24, 2.45) is 0 Å². The van der Waals surface area contributed by atoms with Crippen LogP contribution in [0.2, 0.25) is 0 Å². The van der Waals surface area contributed by atoms with E-state index in [2.05, 4.69) is 47.5 Å². The Bertz CT molecular complexity index is 430. The fourth-order valence-electron chi connectivity index (χ4n) is 3.75. The molecule has 1 N–H and O–H groups in total. The molecule has 116 valence electrons. The van der Waals surface area contributed by atoms with Crippen molar-refractivity contribution in [2.75, 3.05) is 20.2 Å². The Morgan fingerprint density at radius 3 is 2.67 bits per heavy atom. The molecule has 2 aliphatic rings. The molecule has 1 heterocycles. The molecule has 1 saturated heterocycles. The van der Waals surface area contributed by atoms with Gasteiger partial charge in [0.25, 0.3) is 0 Å². The molecule has 2 fully saturated rings. The maximum absolute atomic E-state index is 5.46. The van der Waals surface area contributed by atoms with E-state index in [0.29, 0.717) is 18.2 Å². The molecule has 3 heteroatoms. The summed E-state index contributed by atoms with van der Waals surface area (Å²) in [5, 5.41) is 3.75. The summed E-state index contributed by atoms with van der Waals surface area (Å²) in [4.78, 5) is 2.75. The number of methoxy groups -OCH3 is 1. The third kappa shape index (κ3) is 3.47. The quantitative estimate of drug-likeness (QED) is 0.901. The van der Waals surface area contributed by atoms with Crippen LogP contribution in [0, 0.1) is 0 Å². The minimum Gasteiger partial charge on any atom is -0.381 e. The van der Waals surface area contributed by atoms with Crippen molar-refractivity contribution in [1.82, 2.24) is 10.2 Å². The molecule has 3 nitrogen and oxygen atoms in total. The number of benzene rings is 1. The second-order valence-corrected chi connectivity index (χ2v) is 6.54. The van der Waals surface area contributed by atoms with Crippen LogP contribution in [0.5, 0.6) is 0 Å². The predicted molar refractivity (Wildman–Crippen MR) is 86.5 cm³/mol. The van der Waals surface area contributed by atoms with Gasteiger partial charge in [-0.3, -0.25) is 4.90 Å². The third-order valence-corrected chi connectivity index (χ3v) is 5.21. The van der Waals surface area contributed by atoms with Gasteiger partial charge in [-0.25, -0.2) is 0 Å². The molecule has 0 amide bonds. The summed E-state index contributed by atoms with van der Waals surface area (Å²) in [6.45, 7) is 4.61. The van der Waals surface area contributed by atoms with Crippen molar-refractivity contribution in [1.29, 1.82) is 0 Å². The molecule has 1 saturated carbocycles.